The Labute approximate surface area is 95.8 Å². The molecule has 6 heteroatoms. The number of amides is 3. The molecule has 0 bridgehead atoms. The average Bonchev–Trinajstić information content (AvgIpc) is 2.68. The van der Waals surface area contributed by atoms with Gasteiger partial charge in [0.05, 0.1) is 11.6 Å². The van der Waals surface area contributed by atoms with Gasteiger partial charge in [-0.2, -0.15) is 0 Å². The Kier molecular flexibility index (Phi) is 3.09. The van der Waals surface area contributed by atoms with E-state index in [4.69, 9.17) is 0 Å². The van der Waals surface area contributed by atoms with Gasteiger partial charge in [-0.15, -0.1) is 11.8 Å². The van der Waals surface area contributed by atoms with Gasteiger partial charge in [0.25, 0.3) is 0 Å². The summed E-state index contributed by atoms with van der Waals surface area (Å²) >= 11 is 1.39. The third kappa shape index (κ3) is 2.33. The van der Waals surface area contributed by atoms with E-state index in [2.05, 4.69) is 5.32 Å². The second kappa shape index (κ2) is 4.52. The molecule has 0 saturated carbocycles. The lowest BCUT2D eigenvalue weighted by atomic mass is 10.3. The van der Waals surface area contributed by atoms with Crippen LogP contribution in [0.5, 0.6) is 0 Å². The van der Waals surface area contributed by atoms with Crippen molar-refractivity contribution in [3.63, 3.8) is 0 Å². The number of benzene rings is 1. The summed E-state index contributed by atoms with van der Waals surface area (Å²) in [4.78, 5) is 24.0. The highest BCUT2D eigenvalue weighted by Crippen LogP contribution is 2.17. The van der Waals surface area contributed by atoms with E-state index in [0.29, 0.717) is 17.3 Å². The van der Waals surface area contributed by atoms with Crippen molar-refractivity contribution in [1.29, 1.82) is 0 Å². The fraction of sp³-hybridized carbons (Fsp3) is 0.200. The van der Waals surface area contributed by atoms with E-state index in [9.17, 15) is 14.0 Å². The highest BCUT2D eigenvalue weighted by atomic mass is 32.2. The highest BCUT2D eigenvalue weighted by Gasteiger charge is 2.26. The zero-order chi connectivity index (χ0) is 11.5. The van der Waals surface area contributed by atoms with E-state index in [1.165, 1.54) is 36.0 Å². The predicted molar refractivity (Wildman–Crippen MR) is 59.6 cm³/mol. The summed E-state index contributed by atoms with van der Waals surface area (Å²) in [5.41, 5.74) is 0.469. The monoisotopic (exact) mass is 240 g/mol. The summed E-state index contributed by atoms with van der Waals surface area (Å²) < 4.78 is 12.6. The predicted octanol–water partition coefficient (Wildman–Crippen LogP) is 1.89. The van der Waals surface area contributed by atoms with Gasteiger partial charge in [0.1, 0.15) is 5.82 Å². The normalized spacial score (nSPS) is 15.3. The number of hydrogen-bond acceptors (Lipinski definition) is 3. The summed E-state index contributed by atoms with van der Waals surface area (Å²) in [6, 6.07) is 4.91. The lowest BCUT2D eigenvalue weighted by Gasteiger charge is -2.13. The highest BCUT2D eigenvalue weighted by molar-refractivity contribution is 8.00. The summed E-state index contributed by atoms with van der Waals surface area (Å²) in [7, 11) is 0. The number of urea groups is 1. The number of carbonyl (C=O) groups excluding carboxylic acids is 2. The summed E-state index contributed by atoms with van der Waals surface area (Å²) in [6.07, 6.45) is 0. The molecule has 0 aliphatic carbocycles. The van der Waals surface area contributed by atoms with Crippen LogP contribution in [0.1, 0.15) is 0 Å². The van der Waals surface area contributed by atoms with Gasteiger partial charge < -0.3 is 5.32 Å². The van der Waals surface area contributed by atoms with E-state index in [-0.39, 0.29) is 11.7 Å². The van der Waals surface area contributed by atoms with Crippen molar-refractivity contribution in [2.75, 3.05) is 16.9 Å². The van der Waals surface area contributed by atoms with Crippen molar-refractivity contribution in [2.45, 2.75) is 0 Å². The Hall–Kier alpha value is -1.56. The van der Waals surface area contributed by atoms with Crippen LogP contribution in [0.3, 0.4) is 0 Å². The second-order valence-corrected chi connectivity index (χ2v) is 4.19. The van der Waals surface area contributed by atoms with Crippen LogP contribution in [0.15, 0.2) is 24.3 Å². The largest absolute Gasteiger partial charge is 0.329 e. The molecule has 0 unspecified atom stereocenters. The number of hydrogen-bond donors (Lipinski definition) is 1. The molecule has 1 N–H and O–H groups in total. The Morgan fingerprint density at radius 2 is 2.06 bits per heavy atom. The maximum atomic E-state index is 12.6. The number of thioether (sulfide) groups is 1. The minimum Gasteiger partial charge on any atom is -0.307 e. The van der Waals surface area contributed by atoms with Crippen LogP contribution in [0.25, 0.3) is 0 Å². The van der Waals surface area contributed by atoms with Gasteiger partial charge in [0.15, 0.2) is 0 Å². The van der Waals surface area contributed by atoms with Gasteiger partial charge >= 0.3 is 6.03 Å². The van der Waals surface area contributed by atoms with Gasteiger partial charge in [-0.1, -0.05) is 0 Å². The first-order valence-electron chi connectivity index (χ1n) is 4.61. The zero-order valence-electron chi connectivity index (χ0n) is 8.27. The Morgan fingerprint density at radius 1 is 1.38 bits per heavy atom. The molecule has 2 rings (SSSR count). The Balaban J connectivity index is 2.02. The summed E-state index contributed by atoms with van der Waals surface area (Å²) in [6.45, 7) is 0. The fourth-order valence-corrected chi connectivity index (χ4v) is 2.14. The molecule has 0 radical (unpaired) electrons. The van der Waals surface area contributed by atoms with Crippen molar-refractivity contribution in [3.8, 4) is 0 Å². The first-order chi connectivity index (χ1) is 7.66. The molecule has 1 aliphatic heterocycles. The van der Waals surface area contributed by atoms with Crippen LogP contribution < -0.4 is 5.32 Å². The van der Waals surface area contributed by atoms with E-state index < -0.39 is 6.03 Å². The first kappa shape index (κ1) is 10.9. The maximum Gasteiger partial charge on any atom is 0.329 e. The lowest BCUT2D eigenvalue weighted by Crippen LogP contribution is -2.36. The number of imide groups is 1. The third-order valence-electron chi connectivity index (χ3n) is 2.09. The number of anilines is 1. The van der Waals surface area contributed by atoms with Crippen LogP contribution in [-0.4, -0.2) is 28.5 Å². The van der Waals surface area contributed by atoms with Crippen molar-refractivity contribution in [2.24, 2.45) is 0 Å². The van der Waals surface area contributed by atoms with Gasteiger partial charge in [-0.25, -0.2) is 9.18 Å². The Morgan fingerprint density at radius 3 is 2.62 bits per heavy atom. The van der Waals surface area contributed by atoms with Crippen LogP contribution in [0.4, 0.5) is 14.9 Å². The molecular weight excluding hydrogens is 231 g/mol. The minimum atomic E-state index is -0.471. The molecule has 1 saturated heterocycles. The molecule has 1 aromatic carbocycles. The smallest absolute Gasteiger partial charge is 0.307 e. The molecule has 16 heavy (non-hydrogen) atoms. The van der Waals surface area contributed by atoms with Crippen molar-refractivity contribution >= 4 is 29.4 Å². The van der Waals surface area contributed by atoms with E-state index in [1.54, 1.807) is 0 Å². The molecule has 0 atom stereocenters. The average molecular weight is 240 g/mol. The molecule has 4 nitrogen and oxygen atoms in total. The molecule has 1 fully saturated rings. The van der Waals surface area contributed by atoms with Crippen molar-refractivity contribution in [1.82, 2.24) is 4.90 Å². The molecule has 1 aliphatic rings. The Bertz CT molecular complexity index is 421. The number of rotatable bonds is 1. The standard InChI is InChI=1S/C10H9FN2O2S/c11-7-1-3-8(4-2-7)12-10(15)13-6-16-5-9(13)14/h1-4H,5-6H2,(H,12,15). The van der Waals surface area contributed by atoms with Crippen molar-refractivity contribution in [3.05, 3.63) is 30.1 Å². The van der Waals surface area contributed by atoms with Crippen LogP contribution in [-0.2, 0) is 4.79 Å². The van der Waals surface area contributed by atoms with Gasteiger partial charge in [-0.05, 0) is 24.3 Å². The molecular formula is C10H9FN2O2S. The maximum absolute atomic E-state index is 12.6. The first-order valence-corrected chi connectivity index (χ1v) is 5.77. The van der Waals surface area contributed by atoms with Crippen LogP contribution in [0.2, 0.25) is 0 Å². The van der Waals surface area contributed by atoms with Gasteiger partial charge in [0, 0.05) is 5.69 Å². The molecule has 84 valence electrons. The quantitative estimate of drug-likeness (QED) is 0.815. The molecule has 3 amide bonds. The number of carbonyl (C=O) groups is 2. The summed E-state index contributed by atoms with van der Waals surface area (Å²) in [5, 5.41) is 2.53. The SMILES string of the molecule is O=C1CSCN1C(=O)Nc1ccc(F)cc1. The van der Waals surface area contributed by atoms with Gasteiger partial charge in [-0.3, -0.25) is 9.69 Å². The molecule has 0 spiro atoms. The lowest BCUT2D eigenvalue weighted by molar-refractivity contribution is -0.123. The fourth-order valence-electron chi connectivity index (χ4n) is 1.27. The molecule has 0 aromatic heterocycles. The number of halogens is 1. The molecule has 1 heterocycles. The van der Waals surface area contributed by atoms with Gasteiger partial charge in [0.2, 0.25) is 5.91 Å². The van der Waals surface area contributed by atoms with E-state index >= 15 is 0 Å². The summed E-state index contributed by atoms with van der Waals surface area (Å²) in [5.74, 6) is 0.123. The number of nitrogens with one attached hydrogen (secondary N) is 1. The number of nitrogens with zero attached hydrogens (tertiary/aromatic N) is 1. The van der Waals surface area contributed by atoms with E-state index in [0.717, 1.165) is 4.90 Å². The zero-order valence-corrected chi connectivity index (χ0v) is 9.09. The van der Waals surface area contributed by atoms with E-state index in [1.807, 2.05) is 0 Å². The van der Waals surface area contributed by atoms with Crippen LogP contribution in [0, 0.1) is 5.82 Å². The molecule has 1 aromatic rings. The third-order valence-corrected chi connectivity index (χ3v) is 2.98. The van der Waals surface area contributed by atoms with Crippen LogP contribution >= 0.6 is 11.8 Å². The van der Waals surface area contributed by atoms with Crippen molar-refractivity contribution < 1.29 is 14.0 Å². The topological polar surface area (TPSA) is 49.4 Å². The second-order valence-electron chi connectivity index (χ2n) is 3.24. The minimum absolute atomic E-state index is 0.204.